The molecule has 1 aromatic carbocycles. The molecule has 0 radical (unpaired) electrons. The van der Waals surface area contributed by atoms with Gasteiger partial charge in [-0.25, -0.2) is 14.8 Å². The van der Waals surface area contributed by atoms with Gasteiger partial charge in [0.25, 0.3) is 0 Å². The van der Waals surface area contributed by atoms with Crippen molar-refractivity contribution in [3.8, 4) is 5.75 Å². The number of aromatic nitrogens is 2. The van der Waals surface area contributed by atoms with Crippen molar-refractivity contribution in [3.05, 3.63) is 45.6 Å². The van der Waals surface area contributed by atoms with E-state index in [0.29, 0.717) is 23.2 Å². The number of rotatable bonds is 5. The van der Waals surface area contributed by atoms with Gasteiger partial charge in [-0.2, -0.15) is 0 Å². The first-order valence-electron chi connectivity index (χ1n) is 10.1. The number of nitrogens with one attached hydrogen (secondary N) is 1. The number of nitrogens with zero attached hydrogens (tertiary/aromatic N) is 2. The second-order valence-electron chi connectivity index (χ2n) is 7.47. The van der Waals surface area contributed by atoms with Gasteiger partial charge < -0.3 is 20.3 Å². The van der Waals surface area contributed by atoms with Crippen molar-refractivity contribution in [2.24, 2.45) is 0 Å². The molecule has 0 aliphatic heterocycles. The van der Waals surface area contributed by atoms with Gasteiger partial charge >= 0.3 is 6.16 Å². The van der Waals surface area contributed by atoms with Gasteiger partial charge in [0.15, 0.2) is 0 Å². The van der Waals surface area contributed by atoms with Gasteiger partial charge in [-0.15, -0.1) is 11.3 Å². The molecular formula is C22H26ClN3O4S. The fourth-order valence-corrected chi connectivity index (χ4v) is 4.99. The molecule has 2 aromatic heterocycles. The molecule has 4 rings (SSSR count). The van der Waals surface area contributed by atoms with Crippen molar-refractivity contribution in [1.29, 1.82) is 0 Å². The van der Waals surface area contributed by atoms with Crippen LogP contribution in [0.1, 0.15) is 55.0 Å². The third kappa shape index (κ3) is 5.98. The van der Waals surface area contributed by atoms with Crippen LogP contribution in [0.2, 0.25) is 5.02 Å². The maximum absolute atomic E-state index is 8.56. The fourth-order valence-electron chi connectivity index (χ4n) is 3.78. The number of methoxy groups -OCH3 is 1. The standard InChI is InChI=1S/C21H24ClN3OS.CH2O3/c1-13-12-27-21-18(13)20(24-19(25-21)15-6-4-3-5-7-15)23-11-14-8-9-17(26-2)16(22)10-14;2-1(3)4/h8-10,12,15H,3-7,11H2,1-2H3,(H,23,24,25);(H2,2,3,4). The minimum Gasteiger partial charge on any atom is -0.495 e. The SMILES string of the molecule is COc1ccc(CNc2nc(C3CCCCC3)nc3scc(C)c23)cc1Cl.O=C(O)O. The summed E-state index contributed by atoms with van der Waals surface area (Å²) in [6.07, 6.45) is 4.46. The first-order chi connectivity index (χ1) is 14.9. The average molecular weight is 464 g/mol. The van der Waals surface area contributed by atoms with E-state index in [2.05, 4.69) is 17.6 Å². The highest BCUT2D eigenvalue weighted by Gasteiger charge is 2.21. The van der Waals surface area contributed by atoms with Gasteiger partial charge in [0.1, 0.15) is 22.2 Å². The number of hydrogen-bond acceptors (Lipinski definition) is 6. The highest BCUT2D eigenvalue weighted by atomic mass is 35.5. The van der Waals surface area contributed by atoms with E-state index in [4.69, 9.17) is 41.3 Å². The van der Waals surface area contributed by atoms with E-state index in [1.165, 1.54) is 37.7 Å². The Bertz CT molecular complexity index is 1050. The minimum absolute atomic E-state index is 0.488. The third-order valence-electron chi connectivity index (χ3n) is 5.28. The number of anilines is 1. The quantitative estimate of drug-likeness (QED) is 0.394. The van der Waals surface area contributed by atoms with Crippen LogP contribution in [0.25, 0.3) is 10.2 Å². The third-order valence-corrected chi connectivity index (χ3v) is 6.57. The molecule has 7 nitrogen and oxygen atoms in total. The number of benzene rings is 1. The Balaban J connectivity index is 0.000000628. The molecule has 0 spiro atoms. The molecular weight excluding hydrogens is 438 g/mol. The largest absolute Gasteiger partial charge is 0.503 e. The van der Waals surface area contributed by atoms with Crippen LogP contribution in [0, 0.1) is 6.92 Å². The predicted octanol–water partition coefficient (Wildman–Crippen LogP) is 6.54. The fraction of sp³-hybridized carbons (Fsp3) is 0.409. The topological polar surface area (TPSA) is 105 Å². The molecule has 166 valence electrons. The summed E-state index contributed by atoms with van der Waals surface area (Å²) in [5.74, 6) is 3.12. The van der Waals surface area contributed by atoms with Crippen LogP contribution in [0.4, 0.5) is 10.6 Å². The van der Waals surface area contributed by atoms with Crippen molar-refractivity contribution >= 4 is 45.1 Å². The van der Waals surface area contributed by atoms with Crippen molar-refractivity contribution in [2.75, 3.05) is 12.4 Å². The van der Waals surface area contributed by atoms with Gasteiger partial charge in [-0.05, 0) is 48.4 Å². The number of ether oxygens (including phenoxy) is 1. The predicted molar refractivity (Wildman–Crippen MR) is 124 cm³/mol. The normalized spacial score (nSPS) is 14.0. The maximum atomic E-state index is 8.56. The maximum Gasteiger partial charge on any atom is 0.503 e. The van der Waals surface area contributed by atoms with E-state index in [0.717, 1.165) is 27.4 Å². The van der Waals surface area contributed by atoms with Crippen molar-refractivity contribution in [1.82, 2.24) is 9.97 Å². The number of carbonyl (C=O) groups is 1. The van der Waals surface area contributed by atoms with Gasteiger partial charge in [0.2, 0.25) is 0 Å². The van der Waals surface area contributed by atoms with E-state index in [1.54, 1.807) is 18.4 Å². The van der Waals surface area contributed by atoms with Gasteiger partial charge in [-0.3, -0.25) is 0 Å². The molecule has 0 amide bonds. The minimum atomic E-state index is -1.83. The average Bonchev–Trinajstić information content (AvgIpc) is 3.13. The van der Waals surface area contributed by atoms with Gasteiger partial charge in [-0.1, -0.05) is 36.9 Å². The zero-order valence-corrected chi connectivity index (χ0v) is 19.1. The first-order valence-corrected chi connectivity index (χ1v) is 11.4. The summed E-state index contributed by atoms with van der Waals surface area (Å²) in [5, 5.41) is 21.4. The second-order valence-corrected chi connectivity index (χ2v) is 8.73. The number of fused-ring (bicyclic) bond motifs is 1. The Morgan fingerprint density at radius 1 is 1.26 bits per heavy atom. The number of carboxylic acid groups (broad SMARTS) is 2. The molecule has 31 heavy (non-hydrogen) atoms. The highest BCUT2D eigenvalue weighted by Crippen LogP contribution is 2.36. The first kappa shape index (κ1) is 23.1. The number of halogens is 1. The van der Waals surface area contributed by atoms with Crippen molar-refractivity contribution < 1.29 is 19.7 Å². The lowest BCUT2D eigenvalue weighted by Crippen LogP contribution is -2.11. The van der Waals surface area contributed by atoms with Crippen LogP contribution in [0.3, 0.4) is 0 Å². The summed E-state index contributed by atoms with van der Waals surface area (Å²) in [5.41, 5.74) is 2.32. The number of hydrogen-bond donors (Lipinski definition) is 3. The van der Waals surface area contributed by atoms with Crippen LogP contribution in [-0.2, 0) is 6.54 Å². The molecule has 0 bridgehead atoms. The molecule has 2 heterocycles. The summed E-state index contributed by atoms with van der Waals surface area (Å²) in [7, 11) is 1.63. The molecule has 0 unspecified atom stereocenters. The molecule has 3 aromatic rings. The van der Waals surface area contributed by atoms with Crippen LogP contribution in [-0.4, -0.2) is 33.4 Å². The Morgan fingerprint density at radius 3 is 2.61 bits per heavy atom. The molecule has 3 N–H and O–H groups in total. The van der Waals surface area contributed by atoms with E-state index < -0.39 is 6.16 Å². The Morgan fingerprint density at radius 2 is 1.97 bits per heavy atom. The molecule has 1 aliphatic rings. The lowest BCUT2D eigenvalue weighted by Gasteiger charge is -2.21. The summed E-state index contributed by atoms with van der Waals surface area (Å²) in [6.45, 7) is 2.78. The van der Waals surface area contributed by atoms with Gasteiger partial charge in [0.05, 0.1) is 17.5 Å². The second kappa shape index (κ2) is 10.6. The molecule has 1 fully saturated rings. The van der Waals surface area contributed by atoms with E-state index in [1.807, 2.05) is 18.2 Å². The molecule has 9 heteroatoms. The van der Waals surface area contributed by atoms with Crippen LogP contribution in [0.15, 0.2) is 23.6 Å². The van der Waals surface area contributed by atoms with Crippen LogP contribution < -0.4 is 10.1 Å². The Hall–Kier alpha value is -2.58. The summed E-state index contributed by atoms with van der Waals surface area (Å²) >= 11 is 7.97. The van der Waals surface area contributed by atoms with E-state index in [9.17, 15) is 0 Å². The van der Waals surface area contributed by atoms with Crippen LogP contribution >= 0.6 is 22.9 Å². The van der Waals surface area contributed by atoms with E-state index >= 15 is 0 Å². The van der Waals surface area contributed by atoms with Crippen molar-refractivity contribution in [3.63, 3.8) is 0 Å². The highest BCUT2D eigenvalue weighted by molar-refractivity contribution is 7.17. The van der Waals surface area contributed by atoms with E-state index in [-0.39, 0.29) is 0 Å². The number of aryl methyl sites for hydroxylation is 1. The molecule has 1 saturated carbocycles. The van der Waals surface area contributed by atoms with Crippen molar-refractivity contribution in [2.45, 2.75) is 51.5 Å². The lowest BCUT2D eigenvalue weighted by atomic mass is 9.88. The molecule has 0 atom stereocenters. The Kier molecular flexibility index (Phi) is 7.92. The Labute approximate surface area is 190 Å². The summed E-state index contributed by atoms with van der Waals surface area (Å²) in [4.78, 5) is 19.5. The monoisotopic (exact) mass is 463 g/mol. The zero-order chi connectivity index (χ0) is 22.4. The summed E-state index contributed by atoms with van der Waals surface area (Å²) in [6, 6.07) is 5.87. The molecule has 0 saturated heterocycles. The van der Waals surface area contributed by atoms with Crippen LogP contribution in [0.5, 0.6) is 5.75 Å². The molecule has 1 aliphatic carbocycles. The summed E-state index contributed by atoms with van der Waals surface area (Å²) < 4.78 is 5.24. The zero-order valence-electron chi connectivity index (χ0n) is 17.5. The van der Waals surface area contributed by atoms with Gasteiger partial charge in [0, 0.05) is 12.5 Å². The smallest absolute Gasteiger partial charge is 0.495 e. The number of thiophene rings is 1. The lowest BCUT2D eigenvalue weighted by molar-refractivity contribution is 0.137.